The zero-order chi connectivity index (χ0) is 24.4. The first-order valence-corrected chi connectivity index (χ1v) is 11.4. The molecule has 0 fully saturated rings. The van der Waals surface area contributed by atoms with E-state index < -0.39 is 6.50 Å². The summed E-state index contributed by atoms with van der Waals surface area (Å²) in [6.07, 6.45) is 0.690. The SMILES string of the molecule is C.[2H]C1([2H])c2c(C)cc(-c3cccc4n[nH]c(C)c34)nc2CC(C)N1c1cc(C(C)C)ccc1C. The van der Waals surface area contributed by atoms with Crippen molar-refractivity contribution < 1.29 is 2.74 Å². The van der Waals surface area contributed by atoms with Crippen LogP contribution in [0, 0.1) is 20.8 Å². The van der Waals surface area contributed by atoms with Gasteiger partial charge in [0.05, 0.1) is 14.0 Å². The van der Waals surface area contributed by atoms with E-state index >= 15 is 0 Å². The van der Waals surface area contributed by atoms with Gasteiger partial charge in [-0.15, -0.1) is 0 Å². The van der Waals surface area contributed by atoms with Crippen LogP contribution in [0.1, 0.15) is 70.5 Å². The molecule has 4 aromatic rings. The Kier molecular flexibility index (Phi) is 5.37. The third-order valence-electron chi connectivity index (χ3n) is 6.65. The second-order valence-electron chi connectivity index (χ2n) is 9.43. The molecule has 3 heterocycles. The summed E-state index contributed by atoms with van der Waals surface area (Å²) in [5, 5.41) is 8.56. The summed E-state index contributed by atoms with van der Waals surface area (Å²) in [5.41, 5.74) is 9.59. The summed E-state index contributed by atoms with van der Waals surface area (Å²) >= 11 is 0. The van der Waals surface area contributed by atoms with E-state index in [4.69, 9.17) is 4.98 Å². The maximum absolute atomic E-state index is 9.30. The number of rotatable bonds is 3. The highest BCUT2D eigenvalue weighted by atomic mass is 15.2. The molecule has 4 nitrogen and oxygen atoms in total. The first kappa shape index (κ1) is 20.5. The van der Waals surface area contributed by atoms with Crippen molar-refractivity contribution in [3.8, 4) is 11.3 Å². The van der Waals surface area contributed by atoms with E-state index in [0.717, 1.165) is 50.4 Å². The highest BCUT2D eigenvalue weighted by Crippen LogP contribution is 2.36. The number of benzene rings is 2. The zero-order valence-corrected chi connectivity index (χ0v) is 19.7. The molecule has 0 amide bonds. The fraction of sp³-hybridized carbons (Fsp3) is 0.379. The molecule has 33 heavy (non-hydrogen) atoms. The van der Waals surface area contributed by atoms with E-state index in [1.807, 2.05) is 36.9 Å². The van der Waals surface area contributed by atoms with E-state index in [2.05, 4.69) is 62.2 Å². The van der Waals surface area contributed by atoms with Crippen LogP contribution in [0.25, 0.3) is 22.2 Å². The molecule has 0 spiro atoms. The van der Waals surface area contributed by atoms with Gasteiger partial charge in [0.1, 0.15) is 0 Å². The summed E-state index contributed by atoms with van der Waals surface area (Å²) in [6, 6.07) is 14.5. The summed E-state index contributed by atoms with van der Waals surface area (Å²) in [6.45, 7) is 10.9. The maximum atomic E-state index is 9.30. The predicted molar refractivity (Wildman–Crippen MR) is 140 cm³/mol. The quantitative estimate of drug-likeness (QED) is 0.363. The van der Waals surface area contributed by atoms with Gasteiger partial charge in [-0.25, -0.2) is 0 Å². The molecule has 1 atom stereocenters. The van der Waals surface area contributed by atoms with Gasteiger partial charge in [-0.1, -0.05) is 45.5 Å². The lowest BCUT2D eigenvalue weighted by Crippen LogP contribution is -2.39. The van der Waals surface area contributed by atoms with Crippen LogP contribution in [0.15, 0.2) is 42.5 Å². The van der Waals surface area contributed by atoms with Crippen molar-refractivity contribution in [3.63, 3.8) is 0 Å². The molecule has 0 aliphatic carbocycles. The summed E-state index contributed by atoms with van der Waals surface area (Å²) in [5.74, 6) is 0.387. The van der Waals surface area contributed by atoms with Gasteiger partial charge in [0.2, 0.25) is 0 Å². The maximum Gasteiger partial charge on any atom is 0.0930 e. The van der Waals surface area contributed by atoms with Crippen molar-refractivity contribution in [1.29, 1.82) is 0 Å². The number of hydrogen-bond acceptors (Lipinski definition) is 3. The Hall–Kier alpha value is -3.14. The normalized spacial score (nSPS) is 18.0. The fourth-order valence-corrected chi connectivity index (χ4v) is 4.76. The van der Waals surface area contributed by atoms with Crippen molar-refractivity contribution >= 4 is 16.6 Å². The lowest BCUT2D eigenvalue weighted by molar-refractivity contribution is 0.578. The number of nitrogens with one attached hydrogen (secondary N) is 1. The molecule has 0 radical (unpaired) electrons. The zero-order valence-electron chi connectivity index (χ0n) is 21.7. The predicted octanol–water partition coefficient (Wildman–Crippen LogP) is 7.26. The summed E-state index contributed by atoms with van der Waals surface area (Å²) in [7, 11) is 0. The minimum absolute atomic E-state index is 0. The lowest BCUT2D eigenvalue weighted by Gasteiger charge is -2.38. The van der Waals surface area contributed by atoms with Crippen molar-refractivity contribution in [3.05, 3.63) is 76.1 Å². The van der Waals surface area contributed by atoms with Crippen molar-refractivity contribution in [2.45, 2.75) is 73.8 Å². The topological polar surface area (TPSA) is 44.8 Å². The standard InChI is InChI=1S/C28H32N4.CH4/c1-16(2)21-11-10-17(3)27(14-21)32-15-23-18(4)12-25(29-26(23)13-19(32)5)22-8-7-9-24-28(22)20(6)30-31-24;/h7-12,14,16,19H,13,15H2,1-6H3,(H,30,31);1H4/i15D2;. The van der Waals surface area contributed by atoms with Crippen LogP contribution in [-0.4, -0.2) is 21.2 Å². The number of nitrogens with zero attached hydrogens (tertiary/aromatic N) is 3. The smallest absolute Gasteiger partial charge is 0.0930 e. The average Bonchev–Trinajstić information content (AvgIpc) is 3.14. The Bertz CT molecular complexity index is 1400. The number of fused-ring (bicyclic) bond motifs is 2. The first-order chi connectivity index (χ1) is 16.1. The minimum Gasteiger partial charge on any atom is -0.364 e. The molecule has 1 aliphatic rings. The van der Waals surface area contributed by atoms with Crippen LogP contribution in [-0.2, 0) is 12.9 Å². The highest BCUT2D eigenvalue weighted by molar-refractivity contribution is 5.95. The average molecular weight is 443 g/mol. The van der Waals surface area contributed by atoms with Gasteiger partial charge in [0.15, 0.2) is 0 Å². The van der Waals surface area contributed by atoms with Crippen molar-refractivity contribution in [2.24, 2.45) is 0 Å². The minimum atomic E-state index is -1.67. The molecular formula is C29H36N4. The molecule has 1 aliphatic heterocycles. The van der Waals surface area contributed by atoms with Gasteiger partial charge >= 0.3 is 0 Å². The Labute approximate surface area is 200 Å². The number of hydrogen-bond donors (Lipinski definition) is 1. The van der Waals surface area contributed by atoms with E-state index in [1.165, 1.54) is 5.56 Å². The van der Waals surface area contributed by atoms with Gasteiger partial charge in [0, 0.05) is 47.0 Å². The van der Waals surface area contributed by atoms with Crippen LogP contribution in [0.2, 0.25) is 0 Å². The monoisotopic (exact) mass is 442 g/mol. The molecule has 4 heteroatoms. The molecule has 0 saturated heterocycles. The van der Waals surface area contributed by atoms with Gasteiger partial charge in [-0.05, 0) is 74.1 Å². The molecule has 1 N–H and O–H groups in total. The fourth-order valence-electron chi connectivity index (χ4n) is 4.76. The van der Waals surface area contributed by atoms with Crippen molar-refractivity contribution in [2.75, 3.05) is 4.90 Å². The van der Waals surface area contributed by atoms with Gasteiger partial charge in [-0.3, -0.25) is 10.1 Å². The number of aryl methyl sites for hydroxylation is 3. The van der Waals surface area contributed by atoms with Crippen LogP contribution >= 0.6 is 0 Å². The highest BCUT2D eigenvalue weighted by Gasteiger charge is 2.27. The second kappa shape index (κ2) is 8.66. The number of H-pyrrole nitrogens is 1. The van der Waals surface area contributed by atoms with Gasteiger partial charge in [-0.2, -0.15) is 5.10 Å². The van der Waals surface area contributed by atoms with Gasteiger partial charge in [0.25, 0.3) is 0 Å². The molecule has 2 aromatic heterocycles. The Morgan fingerprint density at radius 3 is 2.64 bits per heavy atom. The van der Waals surface area contributed by atoms with Crippen molar-refractivity contribution in [1.82, 2.24) is 15.2 Å². The largest absolute Gasteiger partial charge is 0.364 e. The number of pyridine rings is 1. The van der Waals surface area contributed by atoms with E-state index in [0.29, 0.717) is 17.9 Å². The molecular weight excluding hydrogens is 404 g/mol. The van der Waals surface area contributed by atoms with E-state index in [-0.39, 0.29) is 13.5 Å². The molecule has 0 saturated carbocycles. The van der Waals surface area contributed by atoms with Crippen LogP contribution < -0.4 is 4.90 Å². The Morgan fingerprint density at radius 1 is 1.09 bits per heavy atom. The van der Waals surface area contributed by atoms with Crippen LogP contribution in [0.5, 0.6) is 0 Å². The van der Waals surface area contributed by atoms with E-state index in [1.54, 1.807) is 0 Å². The molecule has 0 bridgehead atoms. The van der Waals surface area contributed by atoms with Crippen LogP contribution in [0.4, 0.5) is 5.69 Å². The third-order valence-corrected chi connectivity index (χ3v) is 6.65. The molecule has 172 valence electrons. The number of anilines is 1. The van der Waals surface area contributed by atoms with Gasteiger partial charge < -0.3 is 4.90 Å². The van der Waals surface area contributed by atoms with Crippen LogP contribution in [0.3, 0.4) is 0 Å². The Balaban J connectivity index is 0.00000289. The Morgan fingerprint density at radius 2 is 1.88 bits per heavy atom. The summed E-state index contributed by atoms with van der Waals surface area (Å²) in [4.78, 5) is 7.01. The third kappa shape index (κ3) is 3.92. The lowest BCUT2D eigenvalue weighted by atomic mass is 9.92. The molecule has 2 aromatic carbocycles. The summed E-state index contributed by atoms with van der Waals surface area (Å²) < 4.78 is 18.6. The van der Waals surface area contributed by atoms with E-state index in [9.17, 15) is 2.74 Å². The second-order valence-corrected chi connectivity index (χ2v) is 9.43. The molecule has 5 rings (SSSR count). The molecule has 1 unspecified atom stereocenters. The first-order valence-electron chi connectivity index (χ1n) is 12.4. The number of aromatic nitrogens is 3. The number of aromatic amines is 1.